The van der Waals surface area contributed by atoms with Gasteiger partial charge in [-0.2, -0.15) is 0 Å². The van der Waals surface area contributed by atoms with Crippen LogP contribution in [0.2, 0.25) is 0 Å². The number of hydrogen-bond donors (Lipinski definition) is 1. The zero-order valence-electron chi connectivity index (χ0n) is 17.6. The Morgan fingerprint density at radius 2 is 1.88 bits per heavy atom. The number of rotatable bonds is 5. The molecule has 1 unspecified atom stereocenters. The fraction of sp³-hybridized carbons (Fsp3) is 0.160. The van der Waals surface area contributed by atoms with E-state index in [1.165, 1.54) is 12.0 Å². The van der Waals surface area contributed by atoms with Gasteiger partial charge in [-0.15, -0.1) is 0 Å². The molecule has 6 nitrogen and oxygen atoms in total. The second-order valence-electron chi connectivity index (χ2n) is 7.29. The molecule has 1 atom stereocenters. The van der Waals surface area contributed by atoms with E-state index in [2.05, 4.69) is 20.9 Å². The van der Waals surface area contributed by atoms with E-state index in [1.807, 2.05) is 31.2 Å². The van der Waals surface area contributed by atoms with E-state index < -0.39 is 17.7 Å². The fourth-order valence-electron chi connectivity index (χ4n) is 3.78. The standard InChI is InChI=1S/C25H21BrN2O4/c1-3-15-7-10-17(11-8-15)28-22(19-6-4-5-13-27-19)21(24(30)25(28)31)23(29)16-9-12-20(32-2)18(26)14-16/h4-14,22,29H,3H2,1-2H3/b23-21-. The van der Waals surface area contributed by atoms with Crippen LogP contribution in [0.4, 0.5) is 5.69 Å². The highest BCUT2D eigenvalue weighted by Gasteiger charge is 2.47. The Labute approximate surface area is 194 Å². The molecule has 0 radical (unpaired) electrons. The zero-order chi connectivity index (χ0) is 22.8. The van der Waals surface area contributed by atoms with Gasteiger partial charge < -0.3 is 9.84 Å². The van der Waals surface area contributed by atoms with E-state index in [9.17, 15) is 14.7 Å². The lowest BCUT2D eigenvalue weighted by Gasteiger charge is -2.24. The molecule has 1 amide bonds. The van der Waals surface area contributed by atoms with Gasteiger partial charge in [-0.05, 0) is 70.4 Å². The van der Waals surface area contributed by atoms with E-state index in [1.54, 1.807) is 42.6 Å². The zero-order valence-corrected chi connectivity index (χ0v) is 19.2. The third kappa shape index (κ3) is 3.80. The minimum atomic E-state index is -0.857. The number of pyridine rings is 1. The number of amides is 1. The van der Waals surface area contributed by atoms with Gasteiger partial charge in [0.15, 0.2) is 0 Å². The van der Waals surface area contributed by atoms with Crippen LogP contribution in [0.3, 0.4) is 0 Å². The maximum atomic E-state index is 13.1. The number of nitrogens with zero attached hydrogens (tertiary/aromatic N) is 2. The van der Waals surface area contributed by atoms with Crippen molar-refractivity contribution in [3.63, 3.8) is 0 Å². The van der Waals surface area contributed by atoms with Gasteiger partial charge in [-0.25, -0.2) is 0 Å². The molecule has 1 fully saturated rings. The lowest BCUT2D eigenvalue weighted by atomic mass is 9.98. The van der Waals surface area contributed by atoms with Crippen LogP contribution in [-0.2, 0) is 16.0 Å². The Hall–Kier alpha value is -3.45. The average Bonchev–Trinajstić information content (AvgIpc) is 3.09. The first kappa shape index (κ1) is 21.8. The van der Waals surface area contributed by atoms with Crippen LogP contribution in [0.15, 0.2) is 76.9 Å². The van der Waals surface area contributed by atoms with Crippen LogP contribution in [0.25, 0.3) is 5.76 Å². The van der Waals surface area contributed by atoms with Crippen molar-refractivity contribution in [1.82, 2.24) is 4.98 Å². The van der Waals surface area contributed by atoms with Gasteiger partial charge in [-0.3, -0.25) is 19.5 Å². The number of aliphatic hydroxyl groups is 1. The Morgan fingerprint density at radius 3 is 2.47 bits per heavy atom. The summed E-state index contributed by atoms with van der Waals surface area (Å²) >= 11 is 3.40. The molecule has 1 N–H and O–H groups in total. The number of hydrogen-bond acceptors (Lipinski definition) is 5. The second-order valence-corrected chi connectivity index (χ2v) is 8.15. The Morgan fingerprint density at radius 1 is 1.12 bits per heavy atom. The minimum absolute atomic E-state index is 0.00895. The number of halogens is 1. The van der Waals surface area contributed by atoms with E-state index in [4.69, 9.17) is 4.74 Å². The van der Waals surface area contributed by atoms with Crippen LogP contribution in [-0.4, -0.2) is 28.9 Å². The number of aryl methyl sites for hydroxylation is 1. The summed E-state index contributed by atoms with van der Waals surface area (Å²) in [5.74, 6) is -1.15. The molecule has 0 aliphatic carbocycles. The molecule has 1 aliphatic heterocycles. The van der Waals surface area contributed by atoms with Crippen molar-refractivity contribution in [2.24, 2.45) is 0 Å². The summed E-state index contributed by atoms with van der Waals surface area (Å²) < 4.78 is 5.86. The number of aliphatic hydroxyl groups excluding tert-OH is 1. The lowest BCUT2D eigenvalue weighted by Crippen LogP contribution is -2.29. The summed E-state index contributed by atoms with van der Waals surface area (Å²) in [5.41, 5.74) is 2.54. The third-order valence-electron chi connectivity index (χ3n) is 5.46. The molecule has 1 aliphatic rings. The van der Waals surface area contributed by atoms with Crippen molar-refractivity contribution in [1.29, 1.82) is 0 Å². The Bertz CT molecular complexity index is 1210. The average molecular weight is 493 g/mol. The molecule has 3 aromatic rings. The van der Waals surface area contributed by atoms with Crippen molar-refractivity contribution in [3.8, 4) is 5.75 Å². The molecular formula is C25H21BrN2O4. The Kier molecular flexibility index (Phi) is 6.10. The first-order chi connectivity index (χ1) is 15.5. The Balaban J connectivity index is 1.90. The molecule has 7 heteroatoms. The molecule has 162 valence electrons. The quantitative estimate of drug-likeness (QED) is 0.306. The molecule has 2 heterocycles. The number of benzene rings is 2. The number of carbonyl (C=O) groups excluding carboxylic acids is 2. The van der Waals surface area contributed by atoms with Crippen LogP contribution >= 0.6 is 15.9 Å². The number of aromatic nitrogens is 1. The molecule has 1 aromatic heterocycles. The minimum Gasteiger partial charge on any atom is -0.507 e. The molecule has 1 saturated heterocycles. The normalized spacial score (nSPS) is 17.6. The van der Waals surface area contributed by atoms with Crippen LogP contribution in [0.5, 0.6) is 5.75 Å². The van der Waals surface area contributed by atoms with Gasteiger partial charge in [0.2, 0.25) is 0 Å². The maximum absolute atomic E-state index is 13.1. The first-order valence-electron chi connectivity index (χ1n) is 10.1. The number of ketones is 1. The SMILES string of the molecule is CCc1ccc(N2C(=O)C(=O)/C(=C(\O)c3ccc(OC)c(Br)c3)C2c2ccccn2)cc1. The molecule has 32 heavy (non-hydrogen) atoms. The predicted molar refractivity (Wildman–Crippen MR) is 126 cm³/mol. The summed E-state index contributed by atoms with van der Waals surface area (Å²) in [4.78, 5) is 32.1. The van der Waals surface area contributed by atoms with E-state index in [0.717, 1.165) is 12.0 Å². The first-order valence-corrected chi connectivity index (χ1v) is 10.9. The predicted octanol–water partition coefficient (Wildman–Crippen LogP) is 5.04. The topological polar surface area (TPSA) is 79.7 Å². The van der Waals surface area contributed by atoms with Crippen molar-refractivity contribution in [2.75, 3.05) is 12.0 Å². The lowest BCUT2D eigenvalue weighted by molar-refractivity contribution is -0.132. The van der Waals surface area contributed by atoms with Gasteiger partial charge in [0, 0.05) is 17.4 Å². The molecule has 0 spiro atoms. The number of carbonyl (C=O) groups is 2. The highest BCUT2D eigenvalue weighted by Crippen LogP contribution is 2.42. The smallest absolute Gasteiger partial charge is 0.300 e. The molecule has 4 rings (SSSR count). The van der Waals surface area contributed by atoms with Crippen molar-refractivity contribution < 1.29 is 19.4 Å². The van der Waals surface area contributed by atoms with Crippen molar-refractivity contribution in [3.05, 3.63) is 93.7 Å². The highest BCUT2D eigenvalue weighted by molar-refractivity contribution is 9.10. The monoisotopic (exact) mass is 492 g/mol. The summed E-state index contributed by atoms with van der Waals surface area (Å²) in [5, 5.41) is 11.2. The number of Topliss-reactive ketones (excluding diaryl/α,β-unsaturated/α-hetero) is 1. The molecule has 2 aromatic carbocycles. The number of methoxy groups -OCH3 is 1. The van der Waals surface area contributed by atoms with Gasteiger partial charge >= 0.3 is 0 Å². The second kappa shape index (κ2) is 8.96. The summed E-state index contributed by atoms with van der Waals surface area (Å²) in [6.45, 7) is 2.04. The third-order valence-corrected chi connectivity index (χ3v) is 6.08. The van der Waals surface area contributed by atoms with Gasteiger partial charge in [0.05, 0.1) is 22.8 Å². The van der Waals surface area contributed by atoms with Crippen LogP contribution in [0, 0.1) is 0 Å². The number of ether oxygens (including phenoxy) is 1. The fourth-order valence-corrected chi connectivity index (χ4v) is 4.32. The van der Waals surface area contributed by atoms with Crippen LogP contribution < -0.4 is 9.64 Å². The molecule has 0 bridgehead atoms. The van der Waals surface area contributed by atoms with Crippen molar-refractivity contribution in [2.45, 2.75) is 19.4 Å². The van der Waals surface area contributed by atoms with Gasteiger partial charge in [0.25, 0.3) is 11.7 Å². The summed E-state index contributed by atoms with van der Waals surface area (Å²) in [7, 11) is 1.54. The molecular weight excluding hydrogens is 472 g/mol. The van der Waals surface area contributed by atoms with Gasteiger partial charge in [-0.1, -0.05) is 25.1 Å². The molecule has 0 saturated carbocycles. The highest BCUT2D eigenvalue weighted by atomic mass is 79.9. The largest absolute Gasteiger partial charge is 0.507 e. The van der Waals surface area contributed by atoms with Gasteiger partial charge in [0.1, 0.15) is 17.6 Å². The van der Waals surface area contributed by atoms with Crippen LogP contribution in [0.1, 0.15) is 29.8 Å². The summed E-state index contributed by atoms with van der Waals surface area (Å²) in [6.07, 6.45) is 2.45. The van der Waals surface area contributed by atoms with E-state index in [-0.39, 0.29) is 11.3 Å². The number of anilines is 1. The maximum Gasteiger partial charge on any atom is 0.300 e. The van der Waals surface area contributed by atoms with Crippen molar-refractivity contribution >= 4 is 39.1 Å². The van der Waals surface area contributed by atoms with E-state index >= 15 is 0 Å². The summed E-state index contributed by atoms with van der Waals surface area (Å²) in [6, 6.07) is 16.8. The van der Waals surface area contributed by atoms with E-state index in [0.29, 0.717) is 27.2 Å².